The van der Waals surface area contributed by atoms with Gasteiger partial charge in [-0.3, -0.25) is 4.79 Å². The number of hydrogen-bond donors (Lipinski definition) is 2. The number of carbonyl (C=O) groups excluding carboxylic acids is 1. The van der Waals surface area contributed by atoms with Crippen molar-refractivity contribution in [2.75, 3.05) is 52.1 Å². The van der Waals surface area contributed by atoms with Gasteiger partial charge in [-0.25, -0.2) is 0 Å². The molecule has 0 aliphatic carbocycles. The average molecular weight is 281 g/mol. The Bertz CT molecular complexity index is 449. The average Bonchev–Trinajstić information content (AvgIpc) is 2.42. The standard InChI is InChI=1S/C14H23N3O3/c1-17(2)13-6-5-10(15)7-12(13)14(18)16-8-11(20-4)9-19-3/h5-7,11H,8-9,15H2,1-4H3,(H,16,18). The maximum Gasteiger partial charge on any atom is 0.253 e. The van der Waals surface area contributed by atoms with Crippen LogP contribution in [0.15, 0.2) is 18.2 Å². The largest absolute Gasteiger partial charge is 0.399 e. The van der Waals surface area contributed by atoms with Gasteiger partial charge in [0.15, 0.2) is 0 Å². The molecule has 1 rings (SSSR count). The van der Waals surface area contributed by atoms with E-state index in [-0.39, 0.29) is 12.0 Å². The van der Waals surface area contributed by atoms with Gasteiger partial charge >= 0.3 is 0 Å². The van der Waals surface area contributed by atoms with Crippen LogP contribution in [0.5, 0.6) is 0 Å². The van der Waals surface area contributed by atoms with Gasteiger partial charge in [0.05, 0.1) is 18.3 Å². The number of carbonyl (C=O) groups is 1. The quantitative estimate of drug-likeness (QED) is 0.720. The Balaban J connectivity index is 2.79. The molecular formula is C14H23N3O3. The van der Waals surface area contributed by atoms with Crippen molar-refractivity contribution in [1.29, 1.82) is 0 Å². The van der Waals surface area contributed by atoms with E-state index in [1.165, 1.54) is 0 Å². The molecule has 0 saturated heterocycles. The summed E-state index contributed by atoms with van der Waals surface area (Å²) in [7, 11) is 6.94. The topological polar surface area (TPSA) is 76.8 Å². The minimum absolute atomic E-state index is 0.173. The highest BCUT2D eigenvalue weighted by molar-refractivity contribution is 6.00. The summed E-state index contributed by atoms with van der Waals surface area (Å²) in [6.45, 7) is 0.805. The third kappa shape index (κ3) is 4.40. The minimum Gasteiger partial charge on any atom is -0.399 e. The Morgan fingerprint density at radius 3 is 2.65 bits per heavy atom. The summed E-state index contributed by atoms with van der Waals surface area (Å²) >= 11 is 0. The summed E-state index contributed by atoms with van der Waals surface area (Å²) in [5.74, 6) is -0.181. The van der Waals surface area contributed by atoms with Crippen LogP contribution in [0, 0.1) is 0 Å². The molecule has 1 aromatic carbocycles. The van der Waals surface area contributed by atoms with Crippen LogP contribution in [0.2, 0.25) is 0 Å². The SMILES string of the molecule is COCC(CNC(=O)c1cc(N)ccc1N(C)C)OC. The molecule has 1 amide bonds. The number of methoxy groups -OCH3 is 2. The molecule has 1 aromatic rings. The van der Waals surface area contributed by atoms with Crippen LogP contribution in [0.4, 0.5) is 11.4 Å². The molecule has 1 atom stereocenters. The molecule has 20 heavy (non-hydrogen) atoms. The predicted molar refractivity (Wildman–Crippen MR) is 80.2 cm³/mol. The minimum atomic E-state index is -0.181. The Labute approximate surface area is 119 Å². The smallest absolute Gasteiger partial charge is 0.253 e. The van der Waals surface area contributed by atoms with E-state index in [0.29, 0.717) is 24.4 Å². The highest BCUT2D eigenvalue weighted by Crippen LogP contribution is 2.21. The molecule has 0 spiro atoms. The molecule has 0 heterocycles. The van der Waals surface area contributed by atoms with Crippen molar-refractivity contribution in [3.05, 3.63) is 23.8 Å². The van der Waals surface area contributed by atoms with Crippen molar-refractivity contribution < 1.29 is 14.3 Å². The van der Waals surface area contributed by atoms with Gasteiger partial charge in [0, 0.05) is 46.2 Å². The van der Waals surface area contributed by atoms with E-state index in [1.54, 1.807) is 26.4 Å². The van der Waals surface area contributed by atoms with Crippen molar-refractivity contribution in [1.82, 2.24) is 5.32 Å². The first-order valence-corrected chi connectivity index (χ1v) is 6.36. The second kappa shape index (κ2) is 7.72. The van der Waals surface area contributed by atoms with Crippen LogP contribution in [0.25, 0.3) is 0 Å². The van der Waals surface area contributed by atoms with Gasteiger partial charge in [-0.05, 0) is 18.2 Å². The zero-order chi connectivity index (χ0) is 15.1. The van der Waals surface area contributed by atoms with Gasteiger partial charge in [-0.2, -0.15) is 0 Å². The lowest BCUT2D eigenvalue weighted by atomic mass is 10.1. The second-order valence-electron chi connectivity index (χ2n) is 4.69. The van der Waals surface area contributed by atoms with E-state index in [1.807, 2.05) is 25.1 Å². The lowest BCUT2D eigenvalue weighted by molar-refractivity contribution is 0.0285. The Kier molecular flexibility index (Phi) is 6.27. The highest BCUT2D eigenvalue weighted by Gasteiger charge is 2.15. The number of benzene rings is 1. The van der Waals surface area contributed by atoms with E-state index in [4.69, 9.17) is 15.2 Å². The van der Waals surface area contributed by atoms with E-state index >= 15 is 0 Å². The molecule has 1 unspecified atom stereocenters. The molecule has 0 aromatic heterocycles. The number of nitrogen functional groups attached to an aromatic ring is 1. The van der Waals surface area contributed by atoms with Gasteiger partial charge in [0.25, 0.3) is 5.91 Å². The number of nitrogens with zero attached hydrogens (tertiary/aromatic N) is 1. The Hall–Kier alpha value is -1.79. The van der Waals surface area contributed by atoms with Gasteiger partial charge in [0.2, 0.25) is 0 Å². The van der Waals surface area contributed by atoms with Crippen molar-refractivity contribution in [2.24, 2.45) is 0 Å². The molecule has 0 fully saturated rings. The van der Waals surface area contributed by atoms with Crippen molar-refractivity contribution in [3.63, 3.8) is 0 Å². The molecule has 0 radical (unpaired) electrons. The van der Waals surface area contributed by atoms with Gasteiger partial charge in [0.1, 0.15) is 0 Å². The molecule has 0 bridgehead atoms. The lowest BCUT2D eigenvalue weighted by Gasteiger charge is -2.19. The fraction of sp³-hybridized carbons (Fsp3) is 0.500. The van der Waals surface area contributed by atoms with Crippen LogP contribution >= 0.6 is 0 Å². The maximum atomic E-state index is 12.3. The van der Waals surface area contributed by atoms with Crippen LogP contribution in [-0.4, -0.2) is 53.5 Å². The number of hydrogen-bond acceptors (Lipinski definition) is 5. The number of anilines is 2. The summed E-state index contributed by atoms with van der Waals surface area (Å²) in [6, 6.07) is 5.27. The molecule has 0 aliphatic heterocycles. The second-order valence-corrected chi connectivity index (χ2v) is 4.69. The van der Waals surface area contributed by atoms with Gasteiger partial charge in [-0.1, -0.05) is 0 Å². The zero-order valence-electron chi connectivity index (χ0n) is 12.5. The molecule has 0 saturated carbocycles. The van der Waals surface area contributed by atoms with Crippen molar-refractivity contribution in [3.8, 4) is 0 Å². The van der Waals surface area contributed by atoms with E-state index in [0.717, 1.165) is 5.69 Å². The number of rotatable bonds is 7. The summed E-state index contributed by atoms with van der Waals surface area (Å²) in [6.07, 6.45) is -0.173. The molecule has 6 nitrogen and oxygen atoms in total. The monoisotopic (exact) mass is 281 g/mol. The van der Waals surface area contributed by atoms with Crippen LogP contribution in [0.1, 0.15) is 10.4 Å². The van der Waals surface area contributed by atoms with Crippen LogP contribution in [-0.2, 0) is 9.47 Å². The van der Waals surface area contributed by atoms with Crippen LogP contribution in [0.3, 0.4) is 0 Å². The number of nitrogens with two attached hydrogens (primary N) is 1. The normalized spacial score (nSPS) is 12.0. The summed E-state index contributed by atoms with van der Waals surface area (Å²) < 4.78 is 10.2. The maximum absolute atomic E-state index is 12.3. The fourth-order valence-corrected chi connectivity index (χ4v) is 1.82. The molecular weight excluding hydrogens is 258 g/mol. The van der Waals surface area contributed by atoms with Crippen molar-refractivity contribution in [2.45, 2.75) is 6.10 Å². The first-order chi connectivity index (χ1) is 9.49. The predicted octanol–water partition coefficient (Wildman–Crippen LogP) is 0.726. The van der Waals surface area contributed by atoms with E-state index < -0.39 is 0 Å². The van der Waals surface area contributed by atoms with Crippen molar-refractivity contribution >= 4 is 17.3 Å². The third-order valence-electron chi connectivity index (χ3n) is 2.92. The number of ether oxygens (including phenoxy) is 2. The summed E-state index contributed by atoms with van der Waals surface area (Å²) in [5.41, 5.74) is 7.67. The number of nitrogens with one attached hydrogen (secondary N) is 1. The Morgan fingerprint density at radius 1 is 1.40 bits per heavy atom. The first kappa shape index (κ1) is 16.3. The van der Waals surface area contributed by atoms with Crippen LogP contribution < -0.4 is 16.0 Å². The summed E-state index contributed by atoms with van der Waals surface area (Å²) in [5, 5.41) is 2.83. The zero-order valence-corrected chi connectivity index (χ0v) is 12.5. The van der Waals surface area contributed by atoms with E-state index in [2.05, 4.69) is 5.32 Å². The fourth-order valence-electron chi connectivity index (χ4n) is 1.82. The van der Waals surface area contributed by atoms with Gasteiger partial charge < -0.3 is 25.4 Å². The van der Waals surface area contributed by atoms with Gasteiger partial charge in [-0.15, -0.1) is 0 Å². The molecule has 0 aliphatic rings. The van der Waals surface area contributed by atoms with E-state index in [9.17, 15) is 4.79 Å². The highest BCUT2D eigenvalue weighted by atomic mass is 16.5. The molecule has 6 heteroatoms. The Morgan fingerprint density at radius 2 is 2.10 bits per heavy atom. The molecule has 3 N–H and O–H groups in total. The number of amides is 1. The first-order valence-electron chi connectivity index (χ1n) is 6.36. The lowest BCUT2D eigenvalue weighted by Crippen LogP contribution is -2.36. The summed E-state index contributed by atoms with van der Waals surface area (Å²) in [4.78, 5) is 14.1. The molecule has 112 valence electrons. The third-order valence-corrected chi connectivity index (χ3v) is 2.92.